The van der Waals surface area contributed by atoms with E-state index in [4.69, 9.17) is 11.6 Å². The molecule has 0 saturated heterocycles. The zero-order valence-corrected chi connectivity index (χ0v) is 21.9. The fourth-order valence-corrected chi connectivity index (χ4v) is 4.10. The number of amides is 1. The number of hydrogen-bond donors (Lipinski definition) is 3. The SMILES string of the molecule is CC1=NN(c2ccc(C)c(C)c2)C(=O)/C1=N\Nc1cc(Cl)cc(-c2cccc(C(C)(C)C(=O)O)c2)c1O. The van der Waals surface area contributed by atoms with Gasteiger partial charge in [0.2, 0.25) is 0 Å². The van der Waals surface area contributed by atoms with E-state index in [1.807, 2.05) is 32.0 Å². The van der Waals surface area contributed by atoms with Gasteiger partial charge in [0.1, 0.15) is 11.4 Å². The molecule has 0 spiro atoms. The molecule has 1 aliphatic rings. The number of halogens is 1. The van der Waals surface area contributed by atoms with Crippen LogP contribution in [0.3, 0.4) is 0 Å². The van der Waals surface area contributed by atoms with Crippen molar-refractivity contribution in [1.82, 2.24) is 0 Å². The normalized spacial score (nSPS) is 14.8. The fraction of sp³-hybridized carbons (Fsp3) is 0.214. The van der Waals surface area contributed by atoms with E-state index < -0.39 is 17.3 Å². The van der Waals surface area contributed by atoms with E-state index in [-0.39, 0.29) is 17.1 Å². The highest BCUT2D eigenvalue weighted by Gasteiger charge is 2.32. The summed E-state index contributed by atoms with van der Waals surface area (Å²) in [6, 6.07) is 15.6. The molecular weight excluding hydrogens is 492 g/mol. The van der Waals surface area contributed by atoms with Gasteiger partial charge in [-0.15, -0.1) is 0 Å². The van der Waals surface area contributed by atoms with E-state index in [0.29, 0.717) is 33.1 Å². The van der Waals surface area contributed by atoms with Crippen LogP contribution in [0.5, 0.6) is 5.75 Å². The van der Waals surface area contributed by atoms with Crippen LogP contribution in [-0.2, 0) is 15.0 Å². The quantitative estimate of drug-likeness (QED) is 0.278. The molecule has 9 heteroatoms. The summed E-state index contributed by atoms with van der Waals surface area (Å²) in [5.74, 6) is -1.52. The minimum Gasteiger partial charge on any atom is -0.505 e. The van der Waals surface area contributed by atoms with E-state index in [1.165, 1.54) is 11.1 Å². The number of aromatic hydroxyl groups is 1. The zero-order valence-electron chi connectivity index (χ0n) is 21.1. The summed E-state index contributed by atoms with van der Waals surface area (Å²) >= 11 is 6.34. The Balaban J connectivity index is 1.65. The maximum Gasteiger partial charge on any atom is 0.313 e. The van der Waals surface area contributed by atoms with E-state index >= 15 is 0 Å². The summed E-state index contributed by atoms with van der Waals surface area (Å²) in [7, 11) is 0. The van der Waals surface area contributed by atoms with Gasteiger partial charge in [0.25, 0.3) is 0 Å². The Hall–Kier alpha value is -4.17. The maximum atomic E-state index is 13.1. The molecule has 0 aromatic heterocycles. The third-order valence-electron chi connectivity index (χ3n) is 6.52. The van der Waals surface area contributed by atoms with E-state index in [9.17, 15) is 19.8 Å². The lowest BCUT2D eigenvalue weighted by molar-refractivity contribution is -0.142. The number of hydrazone groups is 2. The highest BCUT2D eigenvalue weighted by molar-refractivity contribution is 6.71. The molecule has 0 fully saturated rings. The topological polar surface area (TPSA) is 115 Å². The van der Waals surface area contributed by atoms with Crippen LogP contribution in [0.4, 0.5) is 11.4 Å². The van der Waals surface area contributed by atoms with Crippen LogP contribution in [0, 0.1) is 13.8 Å². The molecule has 0 saturated carbocycles. The number of carbonyl (C=O) groups is 2. The predicted octanol–water partition coefficient (Wildman–Crippen LogP) is 5.88. The van der Waals surface area contributed by atoms with Crippen molar-refractivity contribution in [3.05, 3.63) is 76.3 Å². The summed E-state index contributed by atoms with van der Waals surface area (Å²) in [6.45, 7) is 8.85. The Bertz CT molecular complexity index is 1490. The number of carboxylic acid groups (broad SMARTS) is 1. The molecule has 0 aliphatic carbocycles. The average molecular weight is 519 g/mol. The lowest BCUT2D eigenvalue weighted by Gasteiger charge is -2.21. The van der Waals surface area contributed by atoms with Gasteiger partial charge in [-0.2, -0.15) is 15.2 Å². The summed E-state index contributed by atoms with van der Waals surface area (Å²) in [5.41, 5.74) is 6.65. The lowest BCUT2D eigenvalue weighted by atomic mass is 9.83. The number of aliphatic carboxylic acids is 1. The average Bonchev–Trinajstić information content (AvgIpc) is 3.14. The van der Waals surface area contributed by atoms with Crippen LogP contribution in [0.2, 0.25) is 5.02 Å². The number of hydrogen-bond acceptors (Lipinski definition) is 6. The van der Waals surface area contributed by atoms with Gasteiger partial charge in [0.15, 0.2) is 5.71 Å². The summed E-state index contributed by atoms with van der Waals surface area (Å²) in [6.07, 6.45) is 0. The molecule has 0 atom stereocenters. The van der Waals surface area contributed by atoms with Crippen molar-refractivity contribution in [3.63, 3.8) is 0 Å². The van der Waals surface area contributed by atoms with Gasteiger partial charge in [-0.3, -0.25) is 15.0 Å². The van der Waals surface area contributed by atoms with Gasteiger partial charge < -0.3 is 10.2 Å². The van der Waals surface area contributed by atoms with Crippen molar-refractivity contribution in [1.29, 1.82) is 0 Å². The number of aryl methyl sites for hydroxylation is 2. The molecule has 37 heavy (non-hydrogen) atoms. The fourth-order valence-electron chi connectivity index (χ4n) is 3.88. The number of carboxylic acids is 1. The predicted molar refractivity (Wildman–Crippen MR) is 147 cm³/mol. The highest BCUT2D eigenvalue weighted by atomic mass is 35.5. The standard InChI is InChI=1S/C28H27ClN4O4/c1-15-9-10-21(11-16(15)2)33-26(35)24(17(3)32-33)31-30-23-14-20(29)13-22(25(23)34)18-7-6-8-19(12-18)28(4,5)27(36)37/h6-14,30,34H,1-5H3,(H,36,37)/b31-24-. The number of phenolic OH excluding ortho intramolecular Hbond substituents is 1. The minimum absolute atomic E-state index is 0.101. The zero-order chi connectivity index (χ0) is 27.1. The molecule has 0 bridgehead atoms. The molecule has 0 unspecified atom stereocenters. The number of nitrogens with one attached hydrogen (secondary N) is 1. The Labute approximate surface area is 219 Å². The van der Waals surface area contributed by atoms with Crippen molar-refractivity contribution in [2.24, 2.45) is 10.2 Å². The van der Waals surface area contributed by atoms with Gasteiger partial charge >= 0.3 is 11.9 Å². The first-order valence-corrected chi connectivity index (χ1v) is 12.0. The molecule has 8 nitrogen and oxygen atoms in total. The number of nitrogens with zero attached hydrogens (tertiary/aromatic N) is 3. The Morgan fingerprint density at radius 1 is 1.05 bits per heavy atom. The molecule has 1 heterocycles. The van der Waals surface area contributed by atoms with Crippen LogP contribution in [0.15, 0.2) is 64.8 Å². The van der Waals surface area contributed by atoms with Gasteiger partial charge in [-0.25, -0.2) is 0 Å². The second kappa shape index (κ2) is 9.71. The van der Waals surface area contributed by atoms with E-state index in [2.05, 4.69) is 15.6 Å². The molecule has 3 aromatic carbocycles. The van der Waals surface area contributed by atoms with Crippen LogP contribution < -0.4 is 10.4 Å². The minimum atomic E-state index is -1.13. The molecule has 1 amide bonds. The van der Waals surface area contributed by atoms with Crippen molar-refractivity contribution >= 4 is 46.3 Å². The van der Waals surface area contributed by atoms with Gasteiger partial charge in [-0.05, 0) is 87.2 Å². The maximum absolute atomic E-state index is 13.1. The monoisotopic (exact) mass is 518 g/mol. The van der Waals surface area contributed by atoms with E-state index in [1.54, 1.807) is 51.1 Å². The third-order valence-corrected chi connectivity index (χ3v) is 6.73. The third kappa shape index (κ3) is 4.93. The van der Waals surface area contributed by atoms with Gasteiger partial charge in [0, 0.05) is 10.6 Å². The second-order valence-electron chi connectivity index (χ2n) is 9.50. The number of phenols is 1. The summed E-state index contributed by atoms with van der Waals surface area (Å²) in [5, 5.41) is 30.8. The van der Waals surface area contributed by atoms with Crippen LogP contribution >= 0.6 is 11.6 Å². The Morgan fingerprint density at radius 3 is 2.46 bits per heavy atom. The van der Waals surface area contributed by atoms with Crippen LogP contribution in [0.1, 0.15) is 37.5 Å². The van der Waals surface area contributed by atoms with Crippen LogP contribution in [0.25, 0.3) is 11.1 Å². The highest BCUT2D eigenvalue weighted by Crippen LogP contribution is 2.40. The number of benzene rings is 3. The van der Waals surface area contributed by atoms with Gasteiger partial charge in [0.05, 0.1) is 16.8 Å². The molecule has 4 rings (SSSR count). The molecule has 3 aromatic rings. The molecule has 190 valence electrons. The largest absolute Gasteiger partial charge is 0.505 e. The molecular formula is C28H27ClN4O4. The molecule has 3 N–H and O–H groups in total. The van der Waals surface area contributed by atoms with Crippen molar-refractivity contribution < 1.29 is 19.8 Å². The first kappa shape index (κ1) is 25.9. The molecule has 1 aliphatic heterocycles. The second-order valence-corrected chi connectivity index (χ2v) is 9.94. The van der Waals surface area contributed by atoms with Crippen molar-refractivity contribution in [2.75, 3.05) is 10.4 Å². The number of anilines is 2. The smallest absolute Gasteiger partial charge is 0.313 e. The van der Waals surface area contributed by atoms with Crippen molar-refractivity contribution in [3.8, 4) is 16.9 Å². The first-order valence-electron chi connectivity index (χ1n) is 11.6. The number of rotatable bonds is 6. The Morgan fingerprint density at radius 2 is 1.78 bits per heavy atom. The van der Waals surface area contributed by atoms with Crippen molar-refractivity contribution in [2.45, 2.75) is 40.0 Å². The number of carbonyl (C=O) groups excluding carboxylic acids is 1. The Kier molecular flexibility index (Phi) is 6.80. The molecule has 0 radical (unpaired) electrons. The van der Waals surface area contributed by atoms with Gasteiger partial charge in [-0.1, -0.05) is 35.9 Å². The van der Waals surface area contributed by atoms with E-state index in [0.717, 1.165) is 11.1 Å². The lowest BCUT2D eigenvalue weighted by Crippen LogP contribution is -2.28. The summed E-state index contributed by atoms with van der Waals surface area (Å²) in [4.78, 5) is 24.8. The first-order chi connectivity index (χ1) is 17.4. The summed E-state index contributed by atoms with van der Waals surface area (Å²) < 4.78 is 0. The van der Waals surface area contributed by atoms with Crippen LogP contribution in [-0.4, -0.2) is 33.5 Å².